The standard InChI is InChI=1S/C16H15NO4/c1-10-6-7-11(16(19)20)8-14(10)21-9-12-4-2-3-5-13(12)15(17)18/h2-8H,9H2,1H3,(H2,17,18)(H,19,20). The van der Waals surface area contributed by atoms with Crippen molar-refractivity contribution < 1.29 is 19.4 Å². The number of carbonyl (C=O) groups is 2. The molecule has 1 amide bonds. The van der Waals surface area contributed by atoms with Gasteiger partial charge in [0.1, 0.15) is 12.4 Å². The molecule has 0 saturated heterocycles. The van der Waals surface area contributed by atoms with Crippen molar-refractivity contribution in [3.8, 4) is 5.75 Å². The Bertz CT molecular complexity index is 694. The summed E-state index contributed by atoms with van der Waals surface area (Å²) in [6.45, 7) is 1.96. The molecule has 108 valence electrons. The fourth-order valence-corrected chi connectivity index (χ4v) is 1.93. The lowest BCUT2D eigenvalue weighted by Gasteiger charge is -2.11. The Morgan fingerprint density at radius 2 is 1.90 bits per heavy atom. The summed E-state index contributed by atoms with van der Waals surface area (Å²) in [6, 6.07) is 11.5. The summed E-state index contributed by atoms with van der Waals surface area (Å²) in [5, 5.41) is 8.99. The molecule has 0 fully saturated rings. The van der Waals surface area contributed by atoms with Crippen LogP contribution in [0, 0.1) is 6.92 Å². The maximum Gasteiger partial charge on any atom is 0.335 e. The fourth-order valence-electron chi connectivity index (χ4n) is 1.93. The summed E-state index contributed by atoms with van der Waals surface area (Å²) in [5.74, 6) is -1.07. The molecule has 0 radical (unpaired) electrons. The zero-order valence-electron chi connectivity index (χ0n) is 11.5. The molecular weight excluding hydrogens is 270 g/mol. The highest BCUT2D eigenvalue weighted by Gasteiger charge is 2.10. The second kappa shape index (κ2) is 6.09. The largest absolute Gasteiger partial charge is 0.489 e. The Morgan fingerprint density at radius 3 is 2.57 bits per heavy atom. The van der Waals surface area contributed by atoms with Gasteiger partial charge in [-0.2, -0.15) is 0 Å². The minimum atomic E-state index is -1.02. The number of primary amides is 1. The number of rotatable bonds is 5. The van der Waals surface area contributed by atoms with E-state index in [1.165, 1.54) is 12.1 Å². The zero-order valence-corrected chi connectivity index (χ0v) is 11.5. The number of ether oxygens (including phenoxy) is 1. The zero-order chi connectivity index (χ0) is 15.4. The van der Waals surface area contributed by atoms with Crippen molar-refractivity contribution in [2.75, 3.05) is 0 Å². The van der Waals surface area contributed by atoms with Crippen molar-refractivity contribution in [1.29, 1.82) is 0 Å². The normalized spacial score (nSPS) is 10.1. The number of hydrogen-bond donors (Lipinski definition) is 2. The second-order valence-electron chi connectivity index (χ2n) is 4.60. The first-order valence-electron chi connectivity index (χ1n) is 6.33. The number of hydrogen-bond acceptors (Lipinski definition) is 3. The topological polar surface area (TPSA) is 89.6 Å². The summed E-state index contributed by atoms with van der Waals surface area (Å²) in [6.07, 6.45) is 0. The summed E-state index contributed by atoms with van der Waals surface area (Å²) in [7, 11) is 0. The van der Waals surface area contributed by atoms with E-state index in [9.17, 15) is 9.59 Å². The first kappa shape index (κ1) is 14.6. The fraction of sp³-hybridized carbons (Fsp3) is 0.125. The van der Waals surface area contributed by atoms with Gasteiger partial charge in [-0.1, -0.05) is 24.3 Å². The maximum atomic E-state index is 11.3. The lowest BCUT2D eigenvalue weighted by atomic mass is 10.1. The minimum absolute atomic E-state index is 0.142. The van der Waals surface area contributed by atoms with Crippen molar-refractivity contribution in [2.24, 2.45) is 5.73 Å². The quantitative estimate of drug-likeness (QED) is 0.882. The number of aromatic carboxylic acids is 1. The molecule has 0 aliphatic heterocycles. The van der Waals surface area contributed by atoms with Crippen LogP contribution in [0.15, 0.2) is 42.5 Å². The Morgan fingerprint density at radius 1 is 1.19 bits per heavy atom. The maximum absolute atomic E-state index is 11.3. The molecule has 0 unspecified atom stereocenters. The number of carboxylic acid groups (broad SMARTS) is 1. The van der Waals surface area contributed by atoms with Crippen molar-refractivity contribution in [1.82, 2.24) is 0 Å². The third kappa shape index (κ3) is 3.39. The molecule has 2 aromatic carbocycles. The third-order valence-electron chi connectivity index (χ3n) is 3.10. The van der Waals surface area contributed by atoms with Crippen LogP contribution in [0.5, 0.6) is 5.75 Å². The van der Waals surface area contributed by atoms with Crippen LogP contribution in [-0.4, -0.2) is 17.0 Å². The highest BCUT2D eigenvalue weighted by atomic mass is 16.5. The van der Waals surface area contributed by atoms with Gasteiger partial charge in [0.05, 0.1) is 5.56 Å². The molecule has 5 nitrogen and oxygen atoms in total. The molecule has 2 aromatic rings. The first-order chi connectivity index (χ1) is 9.99. The molecule has 0 atom stereocenters. The molecule has 0 spiro atoms. The van der Waals surface area contributed by atoms with Gasteiger partial charge in [-0.3, -0.25) is 4.79 Å². The number of nitrogens with two attached hydrogens (primary N) is 1. The lowest BCUT2D eigenvalue weighted by Crippen LogP contribution is -2.14. The van der Waals surface area contributed by atoms with E-state index >= 15 is 0 Å². The van der Waals surface area contributed by atoms with Crippen LogP contribution in [0.4, 0.5) is 0 Å². The lowest BCUT2D eigenvalue weighted by molar-refractivity contribution is 0.0696. The molecule has 3 N–H and O–H groups in total. The number of amides is 1. The van der Waals surface area contributed by atoms with Crippen LogP contribution >= 0.6 is 0 Å². The molecule has 0 bridgehead atoms. The van der Waals surface area contributed by atoms with Crippen LogP contribution in [0.2, 0.25) is 0 Å². The van der Waals surface area contributed by atoms with Crippen molar-refractivity contribution >= 4 is 11.9 Å². The Balaban J connectivity index is 2.22. The number of carboxylic acids is 1. The van der Waals surface area contributed by atoms with Gasteiger partial charge in [-0.25, -0.2) is 4.79 Å². The average molecular weight is 285 g/mol. The minimum Gasteiger partial charge on any atom is -0.489 e. The summed E-state index contributed by atoms with van der Waals surface area (Å²) >= 11 is 0. The van der Waals surface area contributed by atoms with Gasteiger partial charge in [-0.05, 0) is 30.7 Å². The number of aryl methyl sites for hydroxylation is 1. The van der Waals surface area contributed by atoms with Crippen molar-refractivity contribution in [2.45, 2.75) is 13.5 Å². The van der Waals surface area contributed by atoms with Crippen molar-refractivity contribution in [3.63, 3.8) is 0 Å². The highest BCUT2D eigenvalue weighted by molar-refractivity contribution is 5.94. The van der Waals surface area contributed by atoms with E-state index in [-0.39, 0.29) is 12.2 Å². The van der Waals surface area contributed by atoms with Gasteiger partial charge in [0, 0.05) is 11.1 Å². The van der Waals surface area contributed by atoms with E-state index in [0.717, 1.165) is 5.56 Å². The van der Waals surface area contributed by atoms with Gasteiger partial charge in [-0.15, -0.1) is 0 Å². The van der Waals surface area contributed by atoms with Crippen LogP contribution in [0.25, 0.3) is 0 Å². The molecule has 0 aliphatic carbocycles. The summed E-state index contributed by atoms with van der Waals surface area (Å²) in [4.78, 5) is 22.3. The predicted octanol–water partition coefficient (Wildman–Crippen LogP) is 2.37. The molecule has 0 aromatic heterocycles. The van der Waals surface area contributed by atoms with E-state index in [1.807, 2.05) is 6.92 Å². The molecule has 2 rings (SSSR count). The van der Waals surface area contributed by atoms with Gasteiger partial charge in [0.25, 0.3) is 0 Å². The smallest absolute Gasteiger partial charge is 0.335 e. The van der Waals surface area contributed by atoms with E-state index in [0.29, 0.717) is 16.9 Å². The van der Waals surface area contributed by atoms with Gasteiger partial charge in [0.15, 0.2) is 0 Å². The highest BCUT2D eigenvalue weighted by Crippen LogP contribution is 2.21. The first-order valence-corrected chi connectivity index (χ1v) is 6.33. The molecule has 5 heteroatoms. The van der Waals surface area contributed by atoms with Crippen LogP contribution in [-0.2, 0) is 6.61 Å². The Labute approximate surface area is 122 Å². The van der Waals surface area contributed by atoms with E-state index in [1.54, 1.807) is 30.3 Å². The molecule has 0 heterocycles. The summed E-state index contributed by atoms with van der Waals surface area (Å²) in [5.41, 5.74) is 7.32. The Hall–Kier alpha value is -2.82. The van der Waals surface area contributed by atoms with Gasteiger partial charge in [0.2, 0.25) is 5.91 Å². The number of carbonyl (C=O) groups excluding carboxylic acids is 1. The van der Waals surface area contributed by atoms with Crippen molar-refractivity contribution in [3.05, 3.63) is 64.7 Å². The van der Waals surface area contributed by atoms with Crippen LogP contribution in [0.3, 0.4) is 0 Å². The Kier molecular flexibility index (Phi) is 4.23. The second-order valence-corrected chi connectivity index (χ2v) is 4.60. The predicted molar refractivity (Wildman–Crippen MR) is 77.4 cm³/mol. The third-order valence-corrected chi connectivity index (χ3v) is 3.10. The van der Waals surface area contributed by atoms with Gasteiger partial charge < -0.3 is 15.6 Å². The molecule has 21 heavy (non-hydrogen) atoms. The average Bonchev–Trinajstić information content (AvgIpc) is 2.46. The summed E-state index contributed by atoms with van der Waals surface area (Å²) < 4.78 is 5.63. The van der Waals surface area contributed by atoms with Crippen LogP contribution in [0.1, 0.15) is 31.8 Å². The molecule has 0 saturated carbocycles. The van der Waals surface area contributed by atoms with Crippen LogP contribution < -0.4 is 10.5 Å². The number of benzene rings is 2. The molecule has 0 aliphatic rings. The van der Waals surface area contributed by atoms with E-state index in [2.05, 4.69) is 0 Å². The van der Waals surface area contributed by atoms with E-state index in [4.69, 9.17) is 15.6 Å². The monoisotopic (exact) mass is 285 g/mol. The molecular formula is C16H15NO4. The van der Waals surface area contributed by atoms with Gasteiger partial charge >= 0.3 is 5.97 Å². The van der Waals surface area contributed by atoms with E-state index < -0.39 is 11.9 Å². The SMILES string of the molecule is Cc1ccc(C(=O)O)cc1OCc1ccccc1C(N)=O.